The first kappa shape index (κ1) is 20.8. The molecule has 3 rings (SSSR count). The van der Waals surface area contributed by atoms with Crippen molar-refractivity contribution in [3.8, 4) is 0 Å². The molecule has 6 nitrogen and oxygen atoms in total. The van der Waals surface area contributed by atoms with Crippen molar-refractivity contribution in [3.63, 3.8) is 0 Å². The van der Waals surface area contributed by atoms with Crippen LogP contribution in [0.2, 0.25) is 0 Å². The van der Waals surface area contributed by atoms with Crippen molar-refractivity contribution in [3.05, 3.63) is 87.6 Å². The van der Waals surface area contributed by atoms with E-state index >= 15 is 0 Å². The standard InChI is InChI=1S/C21H21N3O3S2/c1-16-5-7-17(8-6-16)15-24(29(2,26)27)19-11-9-18(10-12-19)21(25)23-22-14-20-4-3-13-28-20/h3-14H,15H2,1-2H3,(H,23,25)/b22-14-. The van der Waals surface area contributed by atoms with Crippen molar-refractivity contribution in [1.29, 1.82) is 0 Å². The Morgan fingerprint density at radius 2 is 1.79 bits per heavy atom. The number of benzene rings is 2. The average molecular weight is 428 g/mol. The van der Waals surface area contributed by atoms with E-state index in [0.717, 1.165) is 16.0 Å². The van der Waals surface area contributed by atoms with Crippen molar-refractivity contribution in [1.82, 2.24) is 5.43 Å². The van der Waals surface area contributed by atoms with Crippen LogP contribution in [0.5, 0.6) is 0 Å². The maximum absolute atomic E-state index is 12.3. The number of aryl methyl sites for hydroxylation is 1. The molecule has 0 aliphatic rings. The molecule has 29 heavy (non-hydrogen) atoms. The fraction of sp³-hybridized carbons (Fsp3) is 0.143. The van der Waals surface area contributed by atoms with Crippen LogP contribution in [0, 0.1) is 6.92 Å². The summed E-state index contributed by atoms with van der Waals surface area (Å²) in [5.74, 6) is -0.367. The van der Waals surface area contributed by atoms with E-state index in [0.29, 0.717) is 11.3 Å². The van der Waals surface area contributed by atoms with Crippen LogP contribution in [0.4, 0.5) is 5.69 Å². The molecule has 0 aliphatic heterocycles. The summed E-state index contributed by atoms with van der Waals surface area (Å²) in [6.45, 7) is 2.20. The molecular formula is C21H21N3O3S2. The Morgan fingerprint density at radius 1 is 1.10 bits per heavy atom. The van der Waals surface area contributed by atoms with Crippen LogP contribution in [0.1, 0.15) is 26.4 Å². The normalized spacial score (nSPS) is 11.5. The van der Waals surface area contributed by atoms with E-state index in [1.54, 1.807) is 30.5 Å². The molecule has 1 heterocycles. The van der Waals surface area contributed by atoms with E-state index in [1.807, 2.05) is 48.7 Å². The zero-order valence-electron chi connectivity index (χ0n) is 16.1. The number of hydrogen-bond acceptors (Lipinski definition) is 5. The second-order valence-electron chi connectivity index (χ2n) is 6.52. The van der Waals surface area contributed by atoms with E-state index in [1.165, 1.54) is 21.9 Å². The second kappa shape index (κ2) is 9.02. The molecule has 0 unspecified atom stereocenters. The van der Waals surface area contributed by atoms with Gasteiger partial charge in [-0.05, 0) is 48.2 Å². The van der Waals surface area contributed by atoms with Gasteiger partial charge < -0.3 is 0 Å². The van der Waals surface area contributed by atoms with Gasteiger partial charge >= 0.3 is 0 Å². The molecule has 0 saturated heterocycles. The highest BCUT2D eigenvalue weighted by molar-refractivity contribution is 7.92. The van der Waals surface area contributed by atoms with E-state index < -0.39 is 10.0 Å². The van der Waals surface area contributed by atoms with Gasteiger partial charge in [0.2, 0.25) is 10.0 Å². The third kappa shape index (κ3) is 5.75. The van der Waals surface area contributed by atoms with Crippen LogP contribution in [0.15, 0.2) is 71.1 Å². The molecule has 2 aromatic carbocycles. The monoisotopic (exact) mass is 427 g/mol. The Balaban J connectivity index is 1.73. The Bertz CT molecular complexity index is 1090. The number of nitrogens with zero attached hydrogens (tertiary/aromatic N) is 2. The third-order valence-electron chi connectivity index (χ3n) is 4.17. The summed E-state index contributed by atoms with van der Waals surface area (Å²) in [5, 5.41) is 5.85. The van der Waals surface area contributed by atoms with Crippen molar-refractivity contribution >= 4 is 39.2 Å². The van der Waals surface area contributed by atoms with E-state index in [4.69, 9.17) is 0 Å². The predicted molar refractivity (Wildman–Crippen MR) is 118 cm³/mol. The topological polar surface area (TPSA) is 78.8 Å². The lowest BCUT2D eigenvalue weighted by Gasteiger charge is -2.22. The van der Waals surface area contributed by atoms with Crippen molar-refractivity contribution in [2.24, 2.45) is 5.10 Å². The minimum absolute atomic E-state index is 0.218. The van der Waals surface area contributed by atoms with Crippen LogP contribution >= 0.6 is 11.3 Å². The lowest BCUT2D eigenvalue weighted by atomic mass is 10.1. The highest BCUT2D eigenvalue weighted by Crippen LogP contribution is 2.21. The van der Waals surface area contributed by atoms with Crippen molar-refractivity contribution in [2.75, 3.05) is 10.6 Å². The number of rotatable bonds is 7. The summed E-state index contributed by atoms with van der Waals surface area (Å²) in [7, 11) is -3.49. The van der Waals surface area contributed by atoms with Gasteiger partial charge in [0, 0.05) is 10.4 Å². The molecule has 1 aromatic heterocycles. The lowest BCUT2D eigenvalue weighted by Crippen LogP contribution is -2.29. The predicted octanol–water partition coefficient (Wildman–Crippen LogP) is 3.79. The molecule has 0 aliphatic carbocycles. The highest BCUT2D eigenvalue weighted by atomic mass is 32.2. The number of hydrazone groups is 1. The number of amides is 1. The SMILES string of the molecule is Cc1ccc(CN(c2ccc(C(=O)N/N=C\c3cccs3)cc2)S(C)(=O)=O)cc1. The quantitative estimate of drug-likeness (QED) is 0.460. The largest absolute Gasteiger partial charge is 0.271 e. The summed E-state index contributed by atoms with van der Waals surface area (Å²) in [6, 6.07) is 17.9. The summed E-state index contributed by atoms with van der Waals surface area (Å²) in [5.41, 5.74) is 5.34. The maximum Gasteiger partial charge on any atom is 0.271 e. The number of thiophene rings is 1. The van der Waals surface area contributed by atoms with Gasteiger partial charge in [-0.25, -0.2) is 13.8 Å². The number of carbonyl (C=O) groups is 1. The highest BCUT2D eigenvalue weighted by Gasteiger charge is 2.18. The Labute approximate surface area is 174 Å². The molecule has 0 atom stereocenters. The number of sulfonamides is 1. The van der Waals surface area contributed by atoms with Crippen molar-refractivity contribution in [2.45, 2.75) is 13.5 Å². The molecule has 1 N–H and O–H groups in total. The number of nitrogens with one attached hydrogen (secondary N) is 1. The Morgan fingerprint density at radius 3 is 2.38 bits per heavy atom. The van der Waals surface area contributed by atoms with Crippen molar-refractivity contribution < 1.29 is 13.2 Å². The van der Waals surface area contributed by atoms with Crippen LogP contribution in [0.3, 0.4) is 0 Å². The zero-order chi connectivity index (χ0) is 20.9. The molecule has 1 amide bonds. The average Bonchev–Trinajstić information content (AvgIpc) is 3.20. The molecule has 0 fully saturated rings. The van der Waals surface area contributed by atoms with E-state index in [9.17, 15) is 13.2 Å². The summed E-state index contributed by atoms with van der Waals surface area (Å²) < 4.78 is 25.9. The van der Waals surface area contributed by atoms with Gasteiger partial charge in [-0.2, -0.15) is 5.10 Å². The molecule has 0 saturated carbocycles. The second-order valence-corrected chi connectivity index (χ2v) is 9.40. The van der Waals surface area contributed by atoms with Crippen LogP contribution < -0.4 is 9.73 Å². The zero-order valence-corrected chi connectivity index (χ0v) is 17.7. The smallest absolute Gasteiger partial charge is 0.267 e. The van der Waals surface area contributed by atoms with Gasteiger partial charge in [0.25, 0.3) is 5.91 Å². The minimum atomic E-state index is -3.49. The summed E-state index contributed by atoms with van der Waals surface area (Å²) in [4.78, 5) is 13.2. The van der Waals surface area contributed by atoms with Crippen LogP contribution in [0.25, 0.3) is 0 Å². The van der Waals surface area contributed by atoms with Gasteiger partial charge in [-0.3, -0.25) is 9.10 Å². The molecule has 0 spiro atoms. The number of carbonyl (C=O) groups excluding carboxylic acids is 1. The van der Waals surface area contributed by atoms with Gasteiger partial charge in [-0.15, -0.1) is 11.3 Å². The van der Waals surface area contributed by atoms with Gasteiger partial charge in [0.1, 0.15) is 0 Å². The van der Waals surface area contributed by atoms with Gasteiger partial charge in [0.05, 0.1) is 24.7 Å². The number of hydrogen-bond donors (Lipinski definition) is 1. The molecule has 0 bridgehead atoms. The first-order chi connectivity index (χ1) is 13.8. The molecule has 8 heteroatoms. The first-order valence-corrected chi connectivity index (χ1v) is 11.6. The van der Waals surface area contributed by atoms with E-state index in [2.05, 4.69) is 10.5 Å². The first-order valence-electron chi connectivity index (χ1n) is 8.83. The van der Waals surface area contributed by atoms with Crippen LogP contribution in [-0.2, 0) is 16.6 Å². The summed E-state index contributed by atoms with van der Waals surface area (Å²) in [6.07, 6.45) is 2.74. The molecule has 3 aromatic rings. The van der Waals surface area contributed by atoms with Gasteiger partial charge in [0.15, 0.2) is 0 Å². The number of anilines is 1. The Kier molecular flexibility index (Phi) is 6.46. The maximum atomic E-state index is 12.3. The fourth-order valence-corrected chi connectivity index (χ4v) is 4.10. The third-order valence-corrected chi connectivity index (χ3v) is 6.11. The summed E-state index contributed by atoms with van der Waals surface area (Å²) >= 11 is 1.52. The Hall–Kier alpha value is -2.97. The lowest BCUT2D eigenvalue weighted by molar-refractivity contribution is 0.0955. The molecule has 0 radical (unpaired) electrons. The van der Waals surface area contributed by atoms with Gasteiger partial charge in [-0.1, -0.05) is 35.9 Å². The van der Waals surface area contributed by atoms with Crippen LogP contribution in [-0.4, -0.2) is 26.8 Å². The minimum Gasteiger partial charge on any atom is -0.267 e. The molecular weight excluding hydrogens is 406 g/mol. The molecule has 150 valence electrons. The van der Waals surface area contributed by atoms with E-state index in [-0.39, 0.29) is 12.5 Å². The fourth-order valence-electron chi connectivity index (χ4n) is 2.62.